The van der Waals surface area contributed by atoms with E-state index in [1.807, 2.05) is 13.1 Å². The van der Waals surface area contributed by atoms with E-state index in [0.717, 1.165) is 24.3 Å². The molecule has 2 rings (SSSR count). The van der Waals surface area contributed by atoms with E-state index in [1.54, 1.807) is 12.1 Å². The summed E-state index contributed by atoms with van der Waals surface area (Å²) in [5, 5.41) is 12.2. The number of anilines is 2. The fraction of sp³-hybridized carbons (Fsp3) is 0.417. The number of rotatable bonds is 2. The summed E-state index contributed by atoms with van der Waals surface area (Å²) in [6.07, 6.45) is 1.07. The van der Waals surface area contributed by atoms with Crippen LogP contribution in [0.2, 0.25) is 0 Å². The zero-order valence-electron chi connectivity index (χ0n) is 9.53. The fourth-order valence-corrected chi connectivity index (χ4v) is 2.10. The molecule has 1 heterocycles. The Bertz CT molecular complexity index is 417. The highest BCUT2D eigenvalue weighted by atomic mass is 16.4. The van der Waals surface area contributed by atoms with Crippen molar-refractivity contribution in [1.82, 2.24) is 0 Å². The summed E-state index contributed by atoms with van der Waals surface area (Å²) in [6, 6.07) is 5.69. The van der Waals surface area contributed by atoms with E-state index >= 15 is 0 Å². The SMILES string of the molecule is CCC1CNc2cc(C(=O)O)ccc2N1C. The normalized spacial score (nSPS) is 18.9. The summed E-state index contributed by atoms with van der Waals surface area (Å²) in [4.78, 5) is 13.1. The van der Waals surface area contributed by atoms with Gasteiger partial charge in [-0.1, -0.05) is 6.92 Å². The summed E-state index contributed by atoms with van der Waals surface area (Å²) in [5.41, 5.74) is 2.31. The van der Waals surface area contributed by atoms with Gasteiger partial charge in [0.15, 0.2) is 0 Å². The van der Waals surface area contributed by atoms with Crippen LogP contribution < -0.4 is 10.2 Å². The standard InChI is InChI=1S/C12H16N2O2/c1-3-9-7-13-10-6-8(12(15)16)4-5-11(10)14(9)2/h4-6,9,13H,3,7H2,1-2H3,(H,15,16). The van der Waals surface area contributed by atoms with E-state index in [9.17, 15) is 4.79 Å². The molecule has 0 aromatic heterocycles. The van der Waals surface area contributed by atoms with Gasteiger partial charge < -0.3 is 15.3 Å². The van der Waals surface area contributed by atoms with Gasteiger partial charge in [-0.2, -0.15) is 0 Å². The lowest BCUT2D eigenvalue weighted by Crippen LogP contribution is -2.41. The second kappa shape index (κ2) is 4.04. The van der Waals surface area contributed by atoms with Crippen molar-refractivity contribution in [3.05, 3.63) is 23.8 Å². The predicted molar refractivity (Wildman–Crippen MR) is 64.4 cm³/mol. The first kappa shape index (κ1) is 10.8. The zero-order valence-corrected chi connectivity index (χ0v) is 9.53. The number of benzene rings is 1. The molecule has 0 bridgehead atoms. The molecule has 0 saturated carbocycles. The zero-order chi connectivity index (χ0) is 11.7. The Morgan fingerprint density at radius 2 is 2.38 bits per heavy atom. The fourth-order valence-electron chi connectivity index (χ4n) is 2.10. The molecule has 16 heavy (non-hydrogen) atoms. The average Bonchev–Trinajstić information content (AvgIpc) is 2.29. The maximum atomic E-state index is 10.8. The van der Waals surface area contributed by atoms with Gasteiger partial charge in [-0.15, -0.1) is 0 Å². The Balaban J connectivity index is 2.37. The van der Waals surface area contributed by atoms with E-state index in [2.05, 4.69) is 17.1 Å². The molecule has 0 amide bonds. The van der Waals surface area contributed by atoms with Crippen molar-refractivity contribution in [2.24, 2.45) is 0 Å². The molecule has 4 nitrogen and oxygen atoms in total. The third-order valence-electron chi connectivity index (χ3n) is 3.17. The monoisotopic (exact) mass is 220 g/mol. The van der Waals surface area contributed by atoms with Crippen LogP contribution in [0.5, 0.6) is 0 Å². The van der Waals surface area contributed by atoms with Crippen LogP contribution in [0.25, 0.3) is 0 Å². The Hall–Kier alpha value is -1.71. The van der Waals surface area contributed by atoms with Crippen LogP contribution in [0.1, 0.15) is 23.7 Å². The number of hydrogen-bond acceptors (Lipinski definition) is 3. The van der Waals surface area contributed by atoms with Crippen molar-refractivity contribution in [2.45, 2.75) is 19.4 Å². The summed E-state index contributed by atoms with van der Waals surface area (Å²) in [7, 11) is 2.05. The molecule has 86 valence electrons. The number of carbonyl (C=O) groups is 1. The summed E-state index contributed by atoms with van der Waals surface area (Å²) >= 11 is 0. The van der Waals surface area contributed by atoms with Gasteiger partial charge in [0.05, 0.1) is 16.9 Å². The lowest BCUT2D eigenvalue weighted by Gasteiger charge is -2.36. The number of aromatic carboxylic acids is 1. The highest BCUT2D eigenvalue weighted by Crippen LogP contribution is 2.31. The maximum Gasteiger partial charge on any atom is 0.335 e. The molecular weight excluding hydrogens is 204 g/mol. The minimum Gasteiger partial charge on any atom is -0.478 e. The Morgan fingerprint density at radius 1 is 1.62 bits per heavy atom. The quantitative estimate of drug-likeness (QED) is 0.800. The van der Waals surface area contributed by atoms with Crippen molar-refractivity contribution in [2.75, 3.05) is 23.8 Å². The molecule has 0 fully saturated rings. The first-order valence-electron chi connectivity index (χ1n) is 5.47. The Morgan fingerprint density at radius 3 is 3.00 bits per heavy atom. The van der Waals surface area contributed by atoms with Crippen LogP contribution in [0.4, 0.5) is 11.4 Å². The van der Waals surface area contributed by atoms with Gasteiger partial charge in [-0.3, -0.25) is 0 Å². The van der Waals surface area contributed by atoms with Gasteiger partial charge >= 0.3 is 5.97 Å². The Kier molecular flexibility index (Phi) is 2.73. The molecule has 1 unspecified atom stereocenters. The third-order valence-corrected chi connectivity index (χ3v) is 3.17. The van der Waals surface area contributed by atoms with Gasteiger partial charge in [0.25, 0.3) is 0 Å². The summed E-state index contributed by atoms with van der Waals surface area (Å²) < 4.78 is 0. The van der Waals surface area contributed by atoms with Gasteiger partial charge in [0, 0.05) is 19.6 Å². The summed E-state index contributed by atoms with van der Waals surface area (Å²) in [6.45, 7) is 3.02. The second-order valence-corrected chi connectivity index (χ2v) is 4.09. The maximum absolute atomic E-state index is 10.8. The Labute approximate surface area is 94.9 Å². The molecular formula is C12H16N2O2. The third kappa shape index (κ3) is 1.71. The lowest BCUT2D eigenvalue weighted by atomic mass is 10.1. The first-order valence-corrected chi connectivity index (χ1v) is 5.47. The van der Waals surface area contributed by atoms with E-state index in [0.29, 0.717) is 11.6 Å². The molecule has 0 saturated heterocycles. The van der Waals surface area contributed by atoms with E-state index in [1.165, 1.54) is 0 Å². The van der Waals surface area contributed by atoms with Crippen LogP contribution in [-0.2, 0) is 0 Å². The van der Waals surface area contributed by atoms with Gasteiger partial charge in [0.1, 0.15) is 0 Å². The number of fused-ring (bicyclic) bond motifs is 1. The largest absolute Gasteiger partial charge is 0.478 e. The number of likely N-dealkylation sites (N-methyl/N-ethyl adjacent to an activating group) is 1. The van der Waals surface area contributed by atoms with Crippen molar-refractivity contribution >= 4 is 17.3 Å². The highest BCUT2D eigenvalue weighted by Gasteiger charge is 2.22. The van der Waals surface area contributed by atoms with Crippen LogP contribution in [0.15, 0.2) is 18.2 Å². The molecule has 1 aliphatic rings. The summed E-state index contributed by atoms with van der Waals surface area (Å²) in [5.74, 6) is -0.884. The average molecular weight is 220 g/mol. The molecule has 1 aliphatic heterocycles. The minimum absolute atomic E-state index is 0.328. The van der Waals surface area contributed by atoms with Gasteiger partial charge in [-0.25, -0.2) is 4.79 Å². The topological polar surface area (TPSA) is 52.6 Å². The van der Waals surface area contributed by atoms with Crippen LogP contribution in [-0.4, -0.2) is 30.7 Å². The van der Waals surface area contributed by atoms with Crippen molar-refractivity contribution < 1.29 is 9.90 Å². The molecule has 1 aromatic carbocycles. The number of carboxylic acid groups (broad SMARTS) is 1. The molecule has 0 spiro atoms. The number of carboxylic acids is 1. The number of nitrogens with one attached hydrogen (secondary N) is 1. The van der Waals surface area contributed by atoms with Crippen molar-refractivity contribution in [1.29, 1.82) is 0 Å². The molecule has 1 aromatic rings. The highest BCUT2D eigenvalue weighted by molar-refractivity contribution is 5.91. The van der Waals surface area contributed by atoms with Crippen LogP contribution in [0, 0.1) is 0 Å². The first-order chi connectivity index (χ1) is 7.63. The van der Waals surface area contributed by atoms with Gasteiger partial charge in [-0.05, 0) is 24.6 Å². The minimum atomic E-state index is -0.884. The van der Waals surface area contributed by atoms with E-state index in [-0.39, 0.29) is 0 Å². The predicted octanol–water partition coefficient (Wildman–Crippen LogP) is 2.03. The van der Waals surface area contributed by atoms with Crippen LogP contribution >= 0.6 is 0 Å². The molecule has 1 atom stereocenters. The number of hydrogen-bond donors (Lipinski definition) is 2. The van der Waals surface area contributed by atoms with Crippen molar-refractivity contribution in [3.63, 3.8) is 0 Å². The molecule has 0 radical (unpaired) electrons. The van der Waals surface area contributed by atoms with Crippen LogP contribution in [0.3, 0.4) is 0 Å². The molecule has 4 heteroatoms. The lowest BCUT2D eigenvalue weighted by molar-refractivity contribution is 0.0697. The van der Waals surface area contributed by atoms with E-state index < -0.39 is 5.97 Å². The second-order valence-electron chi connectivity index (χ2n) is 4.09. The van der Waals surface area contributed by atoms with Gasteiger partial charge in [0.2, 0.25) is 0 Å². The van der Waals surface area contributed by atoms with Crippen molar-refractivity contribution in [3.8, 4) is 0 Å². The molecule has 0 aliphatic carbocycles. The smallest absolute Gasteiger partial charge is 0.335 e. The van der Waals surface area contributed by atoms with E-state index in [4.69, 9.17) is 5.11 Å². The molecule has 2 N–H and O–H groups in total. The number of nitrogens with zero attached hydrogens (tertiary/aromatic N) is 1.